The maximum absolute atomic E-state index is 12.9. The molecule has 0 aliphatic carbocycles. The Morgan fingerprint density at radius 1 is 1.12 bits per heavy atom. The fourth-order valence-electron chi connectivity index (χ4n) is 3.11. The number of ether oxygens (including phenoxy) is 1. The van der Waals surface area contributed by atoms with E-state index in [0.717, 1.165) is 5.56 Å². The van der Waals surface area contributed by atoms with Crippen LogP contribution < -0.4 is 9.44 Å². The summed E-state index contributed by atoms with van der Waals surface area (Å²) in [5, 5.41) is 3.91. The predicted octanol–water partition coefficient (Wildman–Crippen LogP) is 2.05. The quantitative estimate of drug-likeness (QED) is 0.323. The van der Waals surface area contributed by atoms with Crippen molar-refractivity contribution in [3.05, 3.63) is 40.7 Å². The molecule has 0 amide bonds. The fourth-order valence-corrected chi connectivity index (χ4v) is 6.15. The molecule has 1 atom stereocenters. The van der Waals surface area contributed by atoms with Crippen LogP contribution in [0.3, 0.4) is 0 Å². The van der Waals surface area contributed by atoms with Crippen LogP contribution in [0.4, 0.5) is 0 Å². The summed E-state index contributed by atoms with van der Waals surface area (Å²) in [6.07, 6.45) is 0.860. The van der Waals surface area contributed by atoms with Gasteiger partial charge in [-0.1, -0.05) is 29.3 Å². The summed E-state index contributed by atoms with van der Waals surface area (Å²) in [7, 11) is -6.29. The molecule has 0 saturated heterocycles. The molecule has 0 unspecified atom stereocenters. The van der Waals surface area contributed by atoms with Gasteiger partial charge in [-0.3, -0.25) is 9.48 Å². The van der Waals surface area contributed by atoms with E-state index in [1.54, 1.807) is 19.1 Å². The third-order valence-electron chi connectivity index (χ3n) is 4.78. The van der Waals surface area contributed by atoms with E-state index in [0.29, 0.717) is 12.8 Å². The van der Waals surface area contributed by atoms with Crippen molar-refractivity contribution in [2.24, 2.45) is 7.05 Å². The van der Waals surface area contributed by atoms with E-state index in [2.05, 4.69) is 14.5 Å². The van der Waals surface area contributed by atoms with Gasteiger partial charge in [0.25, 0.3) is 0 Å². The van der Waals surface area contributed by atoms with Crippen LogP contribution >= 0.6 is 11.6 Å². The van der Waals surface area contributed by atoms with E-state index in [9.17, 15) is 21.6 Å². The number of unbranched alkanes of at least 4 members (excludes halogenated alkanes) is 1. The summed E-state index contributed by atoms with van der Waals surface area (Å²) in [5.41, 5.74) is 1.15. The highest BCUT2D eigenvalue weighted by molar-refractivity contribution is 7.90. The smallest absolute Gasteiger partial charge is 0.324 e. The number of carbonyl (C=O) groups is 1. The number of nitrogens with zero attached hydrogens (tertiary/aromatic N) is 2. The molecule has 10 nitrogen and oxygen atoms in total. The van der Waals surface area contributed by atoms with Crippen molar-refractivity contribution in [3.63, 3.8) is 0 Å². The number of esters is 1. The first-order chi connectivity index (χ1) is 15.4. The van der Waals surface area contributed by atoms with Gasteiger partial charge in [-0.25, -0.2) is 21.6 Å². The number of rotatable bonds is 12. The lowest BCUT2D eigenvalue weighted by Crippen LogP contribution is -2.42. The molecular weight excluding hydrogens is 492 g/mol. The summed E-state index contributed by atoms with van der Waals surface area (Å²) < 4.78 is 61.5. The zero-order valence-electron chi connectivity index (χ0n) is 19.0. The molecule has 2 rings (SSSR count). The molecule has 13 heteroatoms. The Balaban J connectivity index is 2.00. The van der Waals surface area contributed by atoms with Crippen molar-refractivity contribution in [1.82, 2.24) is 19.2 Å². The molecule has 0 radical (unpaired) electrons. The Hall–Kier alpha value is -1.99. The van der Waals surface area contributed by atoms with Crippen LogP contribution in [0.15, 0.2) is 34.1 Å². The summed E-state index contributed by atoms with van der Waals surface area (Å²) in [5.74, 6) is -0.723. The Labute approximate surface area is 199 Å². The van der Waals surface area contributed by atoms with Gasteiger partial charge in [-0.2, -0.15) is 9.82 Å². The minimum absolute atomic E-state index is 0.0758. The van der Waals surface area contributed by atoms with Crippen LogP contribution in [0.2, 0.25) is 5.15 Å². The molecule has 0 fully saturated rings. The monoisotopic (exact) mass is 520 g/mol. The number of nitrogens with one attached hydrogen (secondary N) is 2. The van der Waals surface area contributed by atoms with Crippen LogP contribution in [0.25, 0.3) is 0 Å². The van der Waals surface area contributed by atoms with Crippen molar-refractivity contribution in [2.75, 3.05) is 13.2 Å². The van der Waals surface area contributed by atoms with E-state index in [4.69, 9.17) is 16.3 Å². The van der Waals surface area contributed by atoms with Gasteiger partial charge < -0.3 is 4.74 Å². The van der Waals surface area contributed by atoms with Crippen molar-refractivity contribution >= 4 is 37.6 Å². The van der Waals surface area contributed by atoms with Crippen LogP contribution in [0, 0.1) is 13.8 Å². The van der Waals surface area contributed by atoms with E-state index < -0.39 is 32.1 Å². The minimum atomic E-state index is -4.15. The second-order valence-corrected chi connectivity index (χ2v) is 11.2. The number of benzene rings is 1. The van der Waals surface area contributed by atoms with Gasteiger partial charge in [0.2, 0.25) is 20.0 Å². The second kappa shape index (κ2) is 11.4. The lowest BCUT2D eigenvalue weighted by molar-refractivity contribution is -0.145. The highest BCUT2D eigenvalue weighted by Crippen LogP contribution is 2.24. The third kappa shape index (κ3) is 7.24. The second-order valence-electron chi connectivity index (χ2n) is 7.46. The lowest BCUT2D eigenvalue weighted by atomic mass is 10.1. The van der Waals surface area contributed by atoms with Crippen molar-refractivity contribution in [1.29, 1.82) is 0 Å². The normalized spacial score (nSPS) is 13.1. The van der Waals surface area contributed by atoms with Crippen LogP contribution in [-0.2, 0) is 36.6 Å². The summed E-state index contributed by atoms with van der Waals surface area (Å²) in [6, 6.07) is 5.31. The number of sulfonamides is 2. The van der Waals surface area contributed by atoms with Gasteiger partial charge in [-0.15, -0.1) is 0 Å². The summed E-state index contributed by atoms with van der Waals surface area (Å²) >= 11 is 6.07. The first-order valence-corrected chi connectivity index (χ1v) is 13.7. The molecule has 33 heavy (non-hydrogen) atoms. The van der Waals surface area contributed by atoms with E-state index in [1.807, 2.05) is 6.92 Å². The highest BCUT2D eigenvalue weighted by atomic mass is 35.5. The predicted molar refractivity (Wildman–Crippen MR) is 124 cm³/mol. The van der Waals surface area contributed by atoms with Gasteiger partial charge in [-0.05, 0) is 52.2 Å². The number of aromatic nitrogens is 2. The Bertz CT molecular complexity index is 1180. The molecule has 0 spiro atoms. The zero-order chi connectivity index (χ0) is 24.8. The van der Waals surface area contributed by atoms with Crippen LogP contribution in [0.1, 0.15) is 37.4 Å². The summed E-state index contributed by atoms with van der Waals surface area (Å²) in [4.78, 5) is 12.3. The molecular formula is C20H29ClN4O6S2. The van der Waals surface area contributed by atoms with Crippen molar-refractivity contribution in [3.8, 4) is 0 Å². The van der Waals surface area contributed by atoms with Crippen molar-refractivity contribution in [2.45, 2.75) is 55.9 Å². The zero-order valence-corrected chi connectivity index (χ0v) is 21.3. The van der Waals surface area contributed by atoms with E-state index in [1.165, 1.54) is 30.8 Å². The van der Waals surface area contributed by atoms with Crippen molar-refractivity contribution < 1.29 is 26.4 Å². The Morgan fingerprint density at radius 2 is 1.76 bits per heavy atom. The number of carbonyl (C=O) groups excluding carboxylic acids is 1. The standard InChI is InChI=1S/C20H29ClN4O6S2/c1-5-31-20(26)17(24-33(29,30)18-15(3)23-25(4)19(18)21)8-6-7-13-22-32(27,28)16-11-9-14(2)10-12-16/h9-12,17,22,24H,5-8,13H2,1-4H3/t17-/m0/s1. The molecule has 0 aliphatic rings. The topological polar surface area (TPSA) is 136 Å². The highest BCUT2D eigenvalue weighted by Gasteiger charge is 2.31. The van der Waals surface area contributed by atoms with E-state index >= 15 is 0 Å². The lowest BCUT2D eigenvalue weighted by Gasteiger charge is -2.17. The Morgan fingerprint density at radius 3 is 2.30 bits per heavy atom. The molecule has 2 aromatic rings. The summed E-state index contributed by atoms with van der Waals surface area (Å²) in [6.45, 7) is 5.19. The number of aryl methyl sites for hydroxylation is 3. The molecule has 1 aromatic heterocycles. The molecule has 0 saturated carbocycles. The van der Waals surface area contributed by atoms with Gasteiger partial charge in [0, 0.05) is 13.6 Å². The maximum atomic E-state index is 12.9. The van der Waals surface area contributed by atoms with Gasteiger partial charge in [0.1, 0.15) is 16.1 Å². The van der Waals surface area contributed by atoms with Crippen LogP contribution in [0.5, 0.6) is 0 Å². The SMILES string of the molecule is CCOC(=O)[C@H](CCCCNS(=O)(=O)c1ccc(C)cc1)NS(=O)(=O)c1c(C)nn(C)c1Cl. The molecule has 184 valence electrons. The molecule has 1 aromatic carbocycles. The first-order valence-electron chi connectivity index (χ1n) is 10.3. The van der Waals surface area contributed by atoms with Gasteiger partial charge in [0.15, 0.2) is 0 Å². The molecule has 0 bridgehead atoms. The first kappa shape index (κ1) is 27.3. The number of hydrogen-bond donors (Lipinski definition) is 2. The molecule has 2 N–H and O–H groups in total. The maximum Gasteiger partial charge on any atom is 0.324 e. The average Bonchev–Trinajstić information content (AvgIpc) is 2.99. The van der Waals surface area contributed by atoms with Gasteiger partial charge in [0.05, 0.1) is 17.2 Å². The average molecular weight is 521 g/mol. The third-order valence-corrected chi connectivity index (χ3v) is 8.42. The fraction of sp³-hybridized carbons (Fsp3) is 0.500. The largest absolute Gasteiger partial charge is 0.465 e. The number of halogens is 1. The van der Waals surface area contributed by atoms with Gasteiger partial charge >= 0.3 is 5.97 Å². The Kier molecular flexibility index (Phi) is 9.44. The van der Waals surface area contributed by atoms with Crippen LogP contribution in [-0.4, -0.2) is 51.8 Å². The van der Waals surface area contributed by atoms with E-state index in [-0.39, 0.29) is 40.2 Å². The molecule has 1 heterocycles. The minimum Gasteiger partial charge on any atom is -0.465 e. The number of hydrogen-bond acceptors (Lipinski definition) is 7. The molecule has 0 aliphatic heterocycles.